The highest BCUT2D eigenvalue weighted by Gasteiger charge is 2.09. The van der Waals surface area contributed by atoms with E-state index >= 15 is 0 Å². The van der Waals surface area contributed by atoms with Crippen molar-refractivity contribution in [2.75, 3.05) is 0 Å². The first kappa shape index (κ1) is 8.11. The standard InChI is InChI=1S/C11H7N3O/c1-2-9-10(8-3-6-12-7-4-8)15-14-11(9)13-5-1/h1-7H. The van der Waals surface area contributed by atoms with Crippen LogP contribution in [0.2, 0.25) is 0 Å². The molecule has 4 nitrogen and oxygen atoms in total. The summed E-state index contributed by atoms with van der Waals surface area (Å²) in [5, 5.41) is 4.81. The molecular formula is C11H7N3O. The molecule has 0 N–H and O–H groups in total. The number of hydrogen-bond acceptors (Lipinski definition) is 4. The number of fused-ring (bicyclic) bond motifs is 1. The van der Waals surface area contributed by atoms with Crippen LogP contribution in [-0.4, -0.2) is 15.1 Å². The fourth-order valence-corrected chi connectivity index (χ4v) is 1.50. The van der Waals surface area contributed by atoms with Crippen LogP contribution in [0.25, 0.3) is 22.4 Å². The summed E-state index contributed by atoms with van der Waals surface area (Å²) in [7, 11) is 0. The zero-order valence-electron chi connectivity index (χ0n) is 7.79. The van der Waals surface area contributed by atoms with Crippen LogP contribution in [0.3, 0.4) is 0 Å². The van der Waals surface area contributed by atoms with E-state index in [0.717, 1.165) is 16.7 Å². The van der Waals surface area contributed by atoms with Gasteiger partial charge in [0.15, 0.2) is 5.76 Å². The predicted octanol–water partition coefficient (Wildman–Crippen LogP) is 2.28. The summed E-state index contributed by atoms with van der Waals surface area (Å²) >= 11 is 0. The molecule has 0 saturated carbocycles. The molecule has 0 saturated heterocycles. The Balaban J connectivity index is 2.28. The van der Waals surface area contributed by atoms with Gasteiger partial charge in [0, 0.05) is 24.2 Å². The van der Waals surface area contributed by atoms with Crippen LogP contribution in [-0.2, 0) is 0 Å². The van der Waals surface area contributed by atoms with Crippen LogP contribution in [0, 0.1) is 0 Å². The third kappa shape index (κ3) is 1.27. The lowest BCUT2D eigenvalue weighted by atomic mass is 10.1. The first-order valence-electron chi connectivity index (χ1n) is 4.56. The Hall–Kier alpha value is -2.23. The van der Waals surface area contributed by atoms with Crippen LogP contribution in [0.1, 0.15) is 0 Å². The van der Waals surface area contributed by atoms with Crippen LogP contribution >= 0.6 is 0 Å². The van der Waals surface area contributed by atoms with Gasteiger partial charge in [0.05, 0.1) is 5.39 Å². The Kier molecular flexibility index (Phi) is 1.71. The van der Waals surface area contributed by atoms with Crippen molar-refractivity contribution in [2.45, 2.75) is 0 Å². The second-order valence-electron chi connectivity index (χ2n) is 3.12. The van der Waals surface area contributed by atoms with Crippen LogP contribution in [0.5, 0.6) is 0 Å². The highest BCUT2D eigenvalue weighted by Crippen LogP contribution is 2.26. The lowest BCUT2D eigenvalue weighted by molar-refractivity contribution is 0.439. The first-order valence-corrected chi connectivity index (χ1v) is 4.56. The van der Waals surface area contributed by atoms with Crippen molar-refractivity contribution in [2.24, 2.45) is 0 Å². The average molecular weight is 197 g/mol. The molecule has 0 unspecified atom stereocenters. The largest absolute Gasteiger partial charge is 0.353 e. The summed E-state index contributed by atoms with van der Waals surface area (Å²) in [5.74, 6) is 0.737. The Morgan fingerprint density at radius 1 is 1.00 bits per heavy atom. The van der Waals surface area contributed by atoms with Gasteiger partial charge < -0.3 is 4.52 Å². The quantitative estimate of drug-likeness (QED) is 0.600. The number of rotatable bonds is 1. The average Bonchev–Trinajstić information content (AvgIpc) is 2.74. The molecule has 0 fully saturated rings. The molecule has 3 rings (SSSR count). The van der Waals surface area contributed by atoms with Crippen molar-refractivity contribution in [3.8, 4) is 11.3 Å². The molecule has 3 heterocycles. The van der Waals surface area contributed by atoms with Crippen molar-refractivity contribution in [1.82, 2.24) is 15.1 Å². The molecule has 72 valence electrons. The summed E-state index contributed by atoms with van der Waals surface area (Å²) < 4.78 is 5.26. The maximum Gasteiger partial charge on any atom is 0.203 e. The van der Waals surface area contributed by atoms with Gasteiger partial charge in [-0.2, -0.15) is 0 Å². The molecule has 0 aliphatic rings. The number of pyridine rings is 2. The SMILES string of the molecule is c1cnc2noc(-c3ccncc3)c2c1. The van der Waals surface area contributed by atoms with Gasteiger partial charge in [-0.15, -0.1) is 0 Å². The number of nitrogens with zero attached hydrogens (tertiary/aromatic N) is 3. The smallest absolute Gasteiger partial charge is 0.203 e. The molecule has 0 atom stereocenters. The highest BCUT2D eigenvalue weighted by molar-refractivity contribution is 5.88. The third-order valence-corrected chi connectivity index (χ3v) is 2.20. The molecule has 0 amide bonds. The molecule has 0 bridgehead atoms. The first-order chi connectivity index (χ1) is 7.45. The van der Waals surface area contributed by atoms with E-state index in [9.17, 15) is 0 Å². The van der Waals surface area contributed by atoms with E-state index in [1.165, 1.54) is 0 Å². The van der Waals surface area contributed by atoms with E-state index < -0.39 is 0 Å². The van der Waals surface area contributed by atoms with E-state index in [1.807, 2.05) is 24.3 Å². The van der Waals surface area contributed by atoms with Crippen molar-refractivity contribution >= 4 is 11.0 Å². The molecule has 0 aliphatic carbocycles. The summed E-state index contributed by atoms with van der Waals surface area (Å²) in [4.78, 5) is 8.06. The maximum atomic E-state index is 5.26. The summed E-state index contributed by atoms with van der Waals surface area (Å²) in [6.07, 6.45) is 5.14. The van der Waals surface area contributed by atoms with E-state index in [1.54, 1.807) is 18.6 Å². The van der Waals surface area contributed by atoms with Gasteiger partial charge in [-0.05, 0) is 24.3 Å². The lowest BCUT2D eigenvalue weighted by Crippen LogP contribution is -1.76. The normalized spacial score (nSPS) is 10.7. The van der Waals surface area contributed by atoms with Crippen molar-refractivity contribution in [1.29, 1.82) is 0 Å². The number of aromatic nitrogens is 3. The fourth-order valence-electron chi connectivity index (χ4n) is 1.50. The van der Waals surface area contributed by atoms with Gasteiger partial charge in [0.1, 0.15) is 0 Å². The Labute approximate surface area is 85.6 Å². The second-order valence-corrected chi connectivity index (χ2v) is 3.12. The predicted molar refractivity (Wildman–Crippen MR) is 55.0 cm³/mol. The summed E-state index contributed by atoms with van der Waals surface area (Å²) in [6, 6.07) is 7.57. The van der Waals surface area contributed by atoms with E-state index in [4.69, 9.17) is 4.52 Å². The van der Waals surface area contributed by atoms with Gasteiger partial charge in [-0.1, -0.05) is 5.16 Å². The minimum atomic E-state index is 0.629. The molecule has 0 aromatic carbocycles. The Morgan fingerprint density at radius 2 is 1.87 bits per heavy atom. The van der Waals surface area contributed by atoms with Gasteiger partial charge in [0.25, 0.3) is 0 Å². The molecular weight excluding hydrogens is 190 g/mol. The fraction of sp³-hybridized carbons (Fsp3) is 0. The zero-order valence-corrected chi connectivity index (χ0v) is 7.79. The molecule has 3 aromatic rings. The molecule has 0 aliphatic heterocycles. The minimum Gasteiger partial charge on any atom is -0.353 e. The van der Waals surface area contributed by atoms with Gasteiger partial charge in [0.2, 0.25) is 5.65 Å². The number of hydrogen-bond donors (Lipinski definition) is 0. The summed E-state index contributed by atoms with van der Waals surface area (Å²) in [6.45, 7) is 0. The van der Waals surface area contributed by atoms with Crippen molar-refractivity contribution in [3.05, 3.63) is 42.9 Å². The van der Waals surface area contributed by atoms with E-state index in [0.29, 0.717) is 5.65 Å². The molecule has 15 heavy (non-hydrogen) atoms. The van der Waals surface area contributed by atoms with Crippen molar-refractivity contribution in [3.63, 3.8) is 0 Å². The highest BCUT2D eigenvalue weighted by atomic mass is 16.5. The topological polar surface area (TPSA) is 51.8 Å². The van der Waals surface area contributed by atoms with Crippen LogP contribution in [0.15, 0.2) is 47.4 Å². The molecule has 4 heteroatoms. The Bertz CT molecular complexity index is 589. The maximum absolute atomic E-state index is 5.26. The third-order valence-electron chi connectivity index (χ3n) is 2.20. The van der Waals surface area contributed by atoms with E-state index in [2.05, 4.69) is 15.1 Å². The zero-order chi connectivity index (χ0) is 10.1. The second kappa shape index (κ2) is 3.16. The van der Waals surface area contributed by atoms with Crippen molar-refractivity contribution < 1.29 is 4.52 Å². The van der Waals surface area contributed by atoms with Gasteiger partial charge in [-0.25, -0.2) is 4.98 Å². The monoisotopic (exact) mass is 197 g/mol. The Morgan fingerprint density at radius 3 is 2.73 bits per heavy atom. The van der Waals surface area contributed by atoms with Crippen LogP contribution in [0.4, 0.5) is 0 Å². The molecule has 0 radical (unpaired) electrons. The molecule has 0 spiro atoms. The van der Waals surface area contributed by atoms with E-state index in [-0.39, 0.29) is 0 Å². The lowest BCUT2D eigenvalue weighted by Gasteiger charge is -1.93. The summed E-state index contributed by atoms with van der Waals surface area (Å²) in [5.41, 5.74) is 1.59. The van der Waals surface area contributed by atoms with Gasteiger partial charge >= 0.3 is 0 Å². The van der Waals surface area contributed by atoms with Gasteiger partial charge in [-0.3, -0.25) is 4.98 Å². The molecule has 3 aromatic heterocycles. The van der Waals surface area contributed by atoms with Crippen LogP contribution < -0.4 is 0 Å². The minimum absolute atomic E-state index is 0.629.